The fourth-order valence-electron chi connectivity index (χ4n) is 1.85. The summed E-state index contributed by atoms with van der Waals surface area (Å²) in [6.45, 7) is 6.55. The molecular formula is C16H27NO5S. The van der Waals surface area contributed by atoms with Crippen LogP contribution in [0.15, 0.2) is 23.1 Å². The van der Waals surface area contributed by atoms with Crippen LogP contribution in [0.3, 0.4) is 0 Å². The summed E-state index contributed by atoms with van der Waals surface area (Å²) in [5.41, 5.74) is 0. The molecule has 0 aliphatic carbocycles. The summed E-state index contributed by atoms with van der Waals surface area (Å²) in [6, 6.07) is 4.05. The van der Waals surface area contributed by atoms with Gasteiger partial charge in [0.15, 0.2) is 11.5 Å². The Morgan fingerprint density at radius 1 is 1.09 bits per heavy atom. The minimum Gasteiger partial charge on any atom is -0.490 e. The normalized spacial score (nSPS) is 12.9. The third-order valence-electron chi connectivity index (χ3n) is 3.18. The van der Waals surface area contributed by atoms with Crippen LogP contribution in [0.25, 0.3) is 0 Å². The molecule has 0 heterocycles. The Bertz CT molecular complexity index is 570. The molecule has 1 unspecified atom stereocenters. The smallest absolute Gasteiger partial charge is 0.241 e. The maximum absolute atomic E-state index is 12.4. The van der Waals surface area contributed by atoms with E-state index in [0.29, 0.717) is 31.1 Å². The first kappa shape index (κ1) is 19.7. The van der Waals surface area contributed by atoms with E-state index in [1.165, 1.54) is 12.1 Å². The van der Waals surface area contributed by atoms with Gasteiger partial charge in [-0.1, -0.05) is 20.8 Å². The predicted octanol–water partition coefficient (Wildman–Crippen LogP) is 2.31. The van der Waals surface area contributed by atoms with Crippen molar-refractivity contribution in [2.75, 3.05) is 19.8 Å². The van der Waals surface area contributed by atoms with Crippen LogP contribution in [0.2, 0.25) is 0 Å². The topological polar surface area (TPSA) is 84.9 Å². The van der Waals surface area contributed by atoms with Crippen molar-refractivity contribution in [1.82, 2.24) is 4.72 Å². The van der Waals surface area contributed by atoms with Crippen LogP contribution in [0.1, 0.15) is 40.0 Å². The number of aliphatic hydroxyl groups excluding tert-OH is 1. The van der Waals surface area contributed by atoms with Crippen LogP contribution < -0.4 is 14.2 Å². The standard InChI is InChI=1S/C16H27NO5S/c1-4-9-21-15-8-7-14(11-16(15)22-10-5-2)23(19,20)17-13(6-3)12-18/h7-8,11,13,17-18H,4-6,9-10,12H2,1-3H3. The van der Waals surface area contributed by atoms with E-state index in [1.807, 2.05) is 13.8 Å². The molecule has 1 aromatic carbocycles. The maximum Gasteiger partial charge on any atom is 0.241 e. The Hall–Kier alpha value is -1.31. The minimum absolute atomic E-state index is 0.0966. The molecule has 1 rings (SSSR count). The summed E-state index contributed by atoms with van der Waals surface area (Å²) in [4.78, 5) is 0.0966. The molecule has 6 nitrogen and oxygen atoms in total. The number of sulfonamides is 1. The second-order valence-corrected chi connectivity index (χ2v) is 6.93. The number of hydrogen-bond donors (Lipinski definition) is 2. The van der Waals surface area contributed by atoms with Crippen molar-refractivity contribution >= 4 is 10.0 Å². The predicted molar refractivity (Wildman–Crippen MR) is 89.5 cm³/mol. The lowest BCUT2D eigenvalue weighted by Gasteiger charge is -2.16. The average molecular weight is 345 g/mol. The first-order valence-corrected chi connectivity index (χ1v) is 9.49. The summed E-state index contributed by atoms with van der Waals surface area (Å²) >= 11 is 0. The van der Waals surface area contributed by atoms with Crippen molar-refractivity contribution in [1.29, 1.82) is 0 Å². The van der Waals surface area contributed by atoms with Crippen molar-refractivity contribution in [2.45, 2.75) is 51.0 Å². The van der Waals surface area contributed by atoms with Gasteiger partial charge in [0.25, 0.3) is 0 Å². The zero-order valence-electron chi connectivity index (χ0n) is 14.0. The van der Waals surface area contributed by atoms with Crippen LogP contribution in [0, 0.1) is 0 Å². The van der Waals surface area contributed by atoms with Gasteiger partial charge in [0.2, 0.25) is 10.0 Å². The highest BCUT2D eigenvalue weighted by molar-refractivity contribution is 7.89. The third-order valence-corrected chi connectivity index (χ3v) is 4.70. The monoisotopic (exact) mass is 345 g/mol. The SMILES string of the molecule is CCCOc1ccc(S(=O)(=O)NC(CC)CO)cc1OCCC. The molecule has 0 spiro atoms. The third kappa shape index (κ3) is 6.01. The highest BCUT2D eigenvalue weighted by Gasteiger charge is 2.20. The zero-order valence-corrected chi connectivity index (χ0v) is 14.9. The number of aliphatic hydroxyl groups is 1. The molecule has 0 aliphatic rings. The summed E-state index contributed by atoms with van der Waals surface area (Å²) < 4.78 is 38.5. The molecule has 0 amide bonds. The first-order chi connectivity index (χ1) is 11.0. The van der Waals surface area contributed by atoms with Crippen LogP contribution in [-0.4, -0.2) is 39.4 Å². The average Bonchev–Trinajstić information content (AvgIpc) is 2.56. The van der Waals surface area contributed by atoms with Gasteiger partial charge in [-0.05, 0) is 31.4 Å². The van der Waals surface area contributed by atoms with Crippen molar-refractivity contribution < 1.29 is 23.0 Å². The van der Waals surface area contributed by atoms with E-state index in [0.717, 1.165) is 12.8 Å². The van der Waals surface area contributed by atoms with Gasteiger partial charge >= 0.3 is 0 Å². The number of nitrogens with one attached hydrogen (secondary N) is 1. The van der Waals surface area contributed by atoms with E-state index in [4.69, 9.17) is 9.47 Å². The van der Waals surface area contributed by atoms with Crippen LogP contribution in [0.5, 0.6) is 11.5 Å². The van der Waals surface area contributed by atoms with Crippen molar-refractivity contribution in [3.63, 3.8) is 0 Å². The highest BCUT2D eigenvalue weighted by Crippen LogP contribution is 2.30. The molecule has 0 saturated carbocycles. The molecule has 1 atom stereocenters. The van der Waals surface area contributed by atoms with Gasteiger partial charge < -0.3 is 14.6 Å². The van der Waals surface area contributed by atoms with Gasteiger partial charge in [0.1, 0.15) is 0 Å². The summed E-state index contributed by atoms with van der Waals surface area (Å²) in [6.07, 6.45) is 2.17. The maximum atomic E-state index is 12.4. The van der Waals surface area contributed by atoms with Crippen LogP contribution >= 0.6 is 0 Å². The van der Waals surface area contributed by atoms with E-state index in [9.17, 15) is 13.5 Å². The number of hydrogen-bond acceptors (Lipinski definition) is 5. The Morgan fingerprint density at radius 3 is 2.22 bits per heavy atom. The van der Waals surface area contributed by atoms with Crippen molar-refractivity contribution in [2.24, 2.45) is 0 Å². The Morgan fingerprint density at radius 2 is 1.70 bits per heavy atom. The van der Waals surface area contributed by atoms with E-state index < -0.39 is 16.1 Å². The highest BCUT2D eigenvalue weighted by atomic mass is 32.2. The number of ether oxygens (including phenoxy) is 2. The second kappa shape index (κ2) is 9.75. The molecule has 0 aliphatic heterocycles. The lowest BCUT2D eigenvalue weighted by atomic mass is 10.3. The minimum atomic E-state index is -3.71. The molecule has 0 aromatic heterocycles. The summed E-state index contributed by atoms with van der Waals surface area (Å²) in [5.74, 6) is 0.952. The van der Waals surface area contributed by atoms with E-state index in [1.54, 1.807) is 13.0 Å². The first-order valence-electron chi connectivity index (χ1n) is 8.01. The van der Waals surface area contributed by atoms with Gasteiger partial charge in [0.05, 0.1) is 24.7 Å². The quantitative estimate of drug-likeness (QED) is 0.643. The molecule has 7 heteroatoms. The van der Waals surface area contributed by atoms with Gasteiger partial charge in [-0.2, -0.15) is 0 Å². The molecule has 0 radical (unpaired) electrons. The van der Waals surface area contributed by atoms with Crippen LogP contribution in [0.4, 0.5) is 0 Å². The molecule has 23 heavy (non-hydrogen) atoms. The summed E-state index contributed by atoms with van der Waals surface area (Å²) in [5, 5.41) is 9.18. The number of rotatable bonds is 11. The van der Waals surface area contributed by atoms with E-state index >= 15 is 0 Å². The molecule has 0 saturated heterocycles. The second-order valence-electron chi connectivity index (χ2n) is 5.21. The largest absolute Gasteiger partial charge is 0.490 e. The Labute approximate surface area is 138 Å². The zero-order chi connectivity index (χ0) is 17.3. The number of benzene rings is 1. The van der Waals surface area contributed by atoms with E-state index in [2.05, 4.69) is 4.72 Å². The van der Waals surface area contributed by atoms with Gasteiger partial charge in [0, 0.05) is 12.1 Å². The Kier molecular flexibility index (Phi) is 8.36. The molecule has 0 bridgehead atoms. The molecule has 132 valence electrons. The Balaban J connectivity index is 3.06. The lowest BCUT2D eigenvalue weighted by molar-refractivity contribution is 0.253. The molecule has 2 N–H and O–H groups in total. The van der Waals surface area contributed by atoms with Gasteiger partial charge in [-0.15, -0.1) is 0 Å². The summed E-state index contributed by atoms with van der Waals surface area (Å²) in [7, 11) is -3.71. The molecular weight excluding hydrogens is 318 g/mol. The van der Waals surface area contributed by atoms with Gasteiger partial charge in [-0.3, -0.25) is 0 Å². The van der Waals surface area contributed by atoms with Gasteiger partial charge in [-0.25, -0.2) is 13.1 Å². The van der Waals surface area contributed by atoms with Crippen molar-refractivity contribution in [3.05, 3.63) is 18.2 Å². The molecule has 0 fully saturated rings. The van der Waals surface area contributed by atoms with Crippen molar-refractivity contribution in [3.8, 4) is 11.5 Å². The van der Waals surface area contributed by atoms with E-state index in [-0.39, 0.29) is 11.5 Å². The fourth-order valence-corrected chi connectivity index (χ4v) is 3.17. The van der Waals surface area contributed by atoms with Crippen LogP contribution in [-0.2, 0) is 10.0 Å². The fraction of sp³-hybridized carbons (Fsp3) is 0.625. The molecule has 1 aromatic rings. The lowest BCUT2D eigenvalue weighted by Crippen LogP contribution is -2.36.